The molecule has 3 rings (SSSR count). The molecule has 4 nitrogen and oxygen atoms in total. The number of nitrogens with one attached hydrogen (secondary N) is 1. The second-order valence-electron chi connectivity index (χ2n) is 3.63. The molecule has 3 aromatic rings. The lowest BCUT2D eigenvalue weighted by Gasteiger charge is -1.97. The Bertz CT molecular complexity index is 656. The van der Waals surface area contributed by atoms with Gasteiger partial charge in [0.1, 0.15) is 5.65 Å². The van der Waals surface area contributed by atoms with E-state index in [2.05, 4.69) is 15.1 Å². The zero-order chi connectivity index (χ0) is 11.8. The fourth-order valence-corrected chi connectivity index (χ4v) is 1.69. The Balaban J connectivity index is 2.06. The van der Waals surface area contributed by atoms with Gasteiger partial charge in [0.25, 0.3) is 0 Å². The summed E-state index contributed by atoms with van der Waals surface area (Å²) in [6.45, 7) is -2.62. The molecule has 0 saturated heterocycles. The third-order valence-electron chi connectivity index (χ3n) is 2.53. The van der Waals surface area contributed by atoms with Crippen molar-refractivity contribution in [3.8, 4) is 11.1 Å². The van der Waals surface area contributed by atoms with Gasteiger partial charge in [-0.3, -0.25) is 0 Å². The molecule has 17 heavy (non-hydrogen) atoms. The van der Waals surface area contributed by atoms with Crippen LogP contribution in [0.2, 0.25) is 0 Å². The quantitative estimate of drug-likeness (QED) is 0.741. The van der Waals surface area contributed by atoms with Gasteiger partial charge in [0.15, 0.2) is 0 Å². The summed E-state index contributed by atoms with van der Waals surface area (Å²) in [5.41, 5.74) is 2.17. The summed E-state index contributed by atoms with van der Waals surface area (Å²) in [5, 5.41) is 4.53. The molecule has 0 aliphatic carbocycles. The number of rotatable bonds is 2. The smallest absolute Gasteiger partial charge is 0.333 e. The minimum Gasteiger partial charge on any atom is -0.346 e. The van der Waals surface area contributed by atoms with E-state index >= 15 is 0 Å². The molecule has 0 unspecified atom stereocenters. The van der Waals surface area contributed by atoms with Crippen LogP contribution in [-0.4, -0.2) is 19.7 Å². The van der Waals surface area contributed by atoms with Gasteiger partial charge in [-0.1, -0.05) is 0 Å². The highest BCUT2D eigenvalue weighted by atomic mass is 19.3. The average molecular weight is 234 g/mol. The van der Waals surface area contributed by atoms with E-state index in [0.717, 1.165) is 16.6 Å². The predicted octanol–water partition coefficient (Wildman–Crippen LogP) is 2.82. The summed E-state index contributed by atoms with van der Waals surface area (Å²) >= 11 is 0. The van der Waals surface area contributed by atoms with E-state index in [1.165, 1.54) is 12.4 Å². The van der Waals surface area contributed by atoms with Crippen LogP contribution in [0.15, 0.2) is 36.9 Å². The molecule has 0 fully saturated rings. The molecule has 0 aliphatic heterocycles. The third kappa shape index (κ3) is 1.67. The van der Waals surface area contributed by atoms with Gasteiger partial charge in [-0.25, -0.2) is 9.67 Å². The summed E-state index contributed by atoms with van der Waals surface area (Å²) in [6, 6.07) is 3.76. The van der Waals surface area contributed by atoms with Gasteiger partial charge in [0.2, 0.25) is 0 Å². The number of alkyl halides is 2. The number of pyridine rings is 1. The first-order chi connectivity index (χ1) is 8.24. The molecule has 3 aromatic heterocycles. The molecule has 3 heterocycles. The third-order valence-corrected chi connectivity index (χ3v) is 2.53. The van der Waals surface area contributed by atoms with Crippen molar-refractivity contribution in [1.29, 1.82) is 0 Å². The molecule has 6 heteroatoms. The normalized spacial score (nSPS) is 11.5. The first-order valence-corrected chi connectivity index (χ1v) is 5.00. The Morgan fingerprint density at radius 3 is 2.88 bits per heavy atom. The average Bonchev–Trinajstić information content (AvgIpc) is 2.97. The van der Waals surface area contributed by atoms with Crippen LogP contribution in [0.4, 0.5) is 8.78 Å². The van der Waals surface area contributed by atoms with Crippen molar-refractivity contribution in [3.63, 3.8) is 0 Å². The van der Waals surface area contributed by atoms with E-state index in [9.17, 15) is 8.78 Å². The van der Waals surface area contributed by atoms with Crippen LogP contribution in [0.25, 0.3) is 22.2 Å². The molecule has 0 bridgehead atoms. The summed E-state index contributed by atoms with van der Waals surface area (Å²) in [7, 11) is 0. The predicted molar refractivity (Wildman–Crippen MR) is 58.6 cm³/mol. The first-order valence-electron chi connectivity index (χ1n) is 5.00. The molecule has 1 N–H and O–H groups in total. The number of hydrogen-bond acceptors (Lipinski definition) is 2. The number of halogens is 2. The Morgan fingerprint density at radius 2 is 2.12 bits per heavy atom. The summed E-state index contributed by atoms with van der Waals surface area (Å²) < 4.78 is 25.4. The second kappa shape index (κ2) is 3.65. The van der Waals surface area contributed by atoms with Crippen LogP contribution in [0.1, 0.15) is 6.55 Å². The maximum Gasteiger partial charge on any atom is 0.333 e. The molecule has 0 atom stereocenters. The summed E-state index contributed by atoms with van der Waals surface area (Å²) in [5.74, 6) is 0. The Kier molecular flexibility index (Phi) is 2.14. The number of hydrogen-bond donors (Lipinski definition) is 1. The number of aromatic amines is 1. The highest BCUT2D eigenvalue weighted by Gasteiger charge is 2.09. The minimum atomic E-state index is -2.62. The van der Waals surface area contributed by atoms with Gasteiger partial charge in [-0.05, 0) is 12.1 Å². The van der Waals surface area contributed by atoms with Gasteiger partial charge in [-0.2, -0.15) is 13.9 Å². The van der Waals surface area contributed by atoms with E-state index < -0.39 is 6.55 Å². The lowest BCUT2D eigenvalue weighted by Crippen LogP contribution is -1.96. The molecule has 0 aromatic carbocycles. The van der Waals surface area contributed by atoms with E-state index in [4.69, 9.17) is 0 Å². The van der Waals surface area contributed by atoms with Gasteiger partial charge in [-0.15, -0.1) is 0 Å². The highest BCUT2D eigenvalue weighted by Crippen LogP contribution is 2.23. The zero-order valence-electron chi connectivity index (χ0n) is 8.64. The SMILES string of the molecule is FC(F)n1cc(-c2cnc3[nH]ccc3c2)cn1. The van der Waals surface area contributed by atoms with E-state index in [-0.39, 0.29) is 0 Å². The van der Waals surface area contributed by atoms with Crippen molar-refractivity contribution >= 4 is 11.0 Å². The lowest BCUT2D eigenvalue weighted by molar-refractivity contribution is 0.0566. The number of fused-ring (bicyclic) bond motifs is 1. The maximum atomic E-state index is 12.4. The van der Waals surface area contributed by atoms with Crippen molar-refractivity contribution in [2.45, 2.75) is 6.55 Å². The zero-order valence-corrected chi connectivity index (χ0v) is 8.64. The van der Waals surface area contributed by atoms with Crippen LogP contribution < -0.4 is 0 Å². The fourth-order valence-electron chi connectivity index (χ4n) is 1.69. The molecule has 0 aliphatic rings. The molecular formula is C11H8F2N4. The largest absolute Gasteiger partial charge is 0.346 e. The Hall–Kier alpha value is -2.24. The van der Waals surface area contributed by atoms with Crippen molar-refractivity contribution in [2.24, 2.45) is 0 Å². The minimum absolute atomic E-state index is 0.622. The van der Waals surface area contributed by atoms with E-state index in [1.54, 1.807) is 12.4 Å². The molecular weight excluding hydrogens is 226 g/mol. The van der Waals surface area contributed by atoms with E-state index in [1.807, 2.05) is 12.1 Å². The second-order valence-corrected chi connectivity index (χ2v) is 3.63. The molecule has 86 valence electrons. The molecule has 0 amide bonds. The van der Waals surface area contributed by atoms with Crippen LogP contribution in [0.5, 0.6) is 0 Å². The highest BCUT2D eigenvalue weighted by molar-refractivity contribution is 5.80. The van der Waals surface area contributed by atoms with Crippen molar-refractivity contribution in [3.05, 3.63) is 36.9 Å². The Labute approximate surface area is 94.9 Å². The van der Waals surface area contributed by atoms with Crippen molar-refractivity contribution in [2.75, 3.05) is 0 Å². The van der Waals surface area contributed by atoms with Crippen LogP contribution in [0, 0.1) is 0 Å². The lowest BCUT2D eigenvalue weighted by atomic mass is 10.1. The molecule has 0 saturated carbocycles. The first kappa shape index (κ1) is 9.95. The topological polar surface area (TPSA) is 46.5 Å². The summed E-state index contributed by atoms with van der Waals surface area (Å²) in [4.78, 5) is 7.16. The molecule has 0 radical (unpaired) electrons. The monoisotopic (exact) mass is 234 g/mol. The van der Waals surface area contributed by atoms with Crippen molar-refractivity contribution < 1.29 is 8.78 Å². The molecule has 0 spiro atoms. The van der Waals surface area contributed by atoms with Gasteiger partial charge in [0.05, 0.1) is 6.20 Å². The number of H-pyrrole nitrogens is 1. The number of aromatic nitrogens is 4. The Morgan fingerprint density at radius 1 is 1.24 bits per heavy atom. The number of nitrogens with zero attached hydrogens (tertiary/aromatic N) is 3. The van der Waals surface area contributed by atoms with Crippen LogP contribution in [0.3, 0.4) is 0 Å². The fraction of sp³-hybridized carbons (Fsp3) is 0.0909. The van der Waals surface area contributed by atoms with Gasteiger partial charge in [0, 0.05) is 35.1 Å². The van der Waals surface area contributed by atoms with Gasteiger partial charge < -0.3 is 4.98 Å². The van der Waals surface area contributed by atoms with Crippen molar-refractivity contribution in [1.82, 2.24) is 19.7 Å². The van der Waals surface area contributed by atoms with Crippen LogP contribution in [-0.2, 0) is 0 Å². The maximum absolute atomic E-state index is 12.4. The van der Waals surface area contributed by atoms with E-state index in [0.29, 0.717) is 10.2 Å². The van der Waals surface area contributed by atoms with Crippen LogP contribution >= 0.6 is 0 Å². The van der Waals surface area contributed by atoms with Gasteiger partial charge >= 0.3 is 6.55 Å². The summed E-state index contributed by atoms with van der Waals surface area (Å²) in [6.07, 6.45) is 6.12. The standard InChI is InChI=1S/C11H8F2N4/c12-11(13)17-6-9(5-16-17)8-3-7-1-2-14-10(7)15-4-8/h1-6,11H,(H,14,15).